The predicted molar refractivity (Wildman–Crippen MR) is 116 cm³/mol. The number of fused-ring (bicyclic) bond motifs is 1. The van der Waals surface area contributed by atoms with Crippen molar-refractivity contribution < 1.29 is 4.79 Å². The van der Waals surface area contributed by atoms with Gasteiger partial charge < -0.3 is 5.32 Å². The van der Waals surface area contributed by atoms with Crippen molar-refractivity contribution >= 4 is 51.7 Å². The van der Waals surface area contributed by atoms with Crippen LogP contribution in [0.3, 0.4) is 0 Å². The molecule has 2 heterocycles. The van der Waals surface area contributed by atoms with Crippen molar-refractivity contribution in [2.24, 2.45) is 0 Å². The lowest BCUT2D eigenvalue weighted by molar-refractivity contribution is -0.118. The molecule has 0 saturated carbocycles. The van der Waals surface area contributed by atoms with Crippen molar-refractivity contribution in [2.75, 3.05) is 18.1 Å². The van der Waals surface area contributed by atoms with E-state index >= 15 is 0 Å². The van der Waals surface area contributed by atoms with Gasteiger partial charge in [0.05, 0.1) is 16.7 Å². The number of hydrogen-bond acceptors (Lipinski definition) is 6. The second-order valence-electron chi connectivity index (χ2n) is 5.73. The van der Waals surface area contributed by atoms with Gasteiger partial charge in [0, 0.05) is 29.5 Å². The Balaban J connectivity index is 1.50. The smallest absolute Gasteiger partial charge is 0.262 e. The fraction of sp³-hybridized carbons (Fsp3) is 0.316. The number of amides is 1. The Morgan fingerprint density at radius 2 is 2.11 bits per heavy atom. The molecule has 0 radical (unpaired) electrons. The first-order chi connectivity index (χ1) is 13.2. The third-order valence-corrected chi connectivity index (χ3v) is 6.91. The molecule has 0 spiro atoms. The van der Waals surface area contributed by atoms with E-state index in [1.807, 2.05) is 36.9 Å². The van der Waals surface area contributed by atoms with Gasteiger partial charge in [0.25, 0.3) is 5.56 Å². The number of carbonyl (C=O) groups is 1. The summed E-state index contributed by atoms with van der Waals surface area (Å²) in [5, 5.41) is 6.20. The highest BCUT2D eigenvalue weighted by Crippen LogP contribution is 2.18. The van der Waals surface area contributed by atoms with Crippen LogP contribution in [-0.4, -0.2) is 33.5 Å². The number of nitrogens with one attached hydrogen (secondary N) is 1. The fourth-order valence-corrected chi connectivity index (χ4v) is 5.14. The Bertz CT molecular complexity index is 954. The Morgan fingerprint density at radius 1 is 1.26 bits per heavy atom. The molecular formula is C19H21N3O2S3. The molecule has 0 bridgehead atoms. The number of benzene rings is 1. The normalized spacial score (nSPS) is 11.0. The molecule has 0 aliphatic carbocycles. The summed E-state index contributed by atoms with van der Waals surface area (Å²) in [6.45, 7) is 3.08. The lowest BCUT2D eigenvalue weighted by atomic mass is 10.2. The number of rotatable bonds is 9. The lowest BCUT2D eigenvalue weighted by Gasteiger charge is -2.11. The van der Waals surface area contributed by atoms with Crippen LogP contribution in [0.2, 0.25) is 0 Å². The number of para-hydroxylation sites is 1. The first-order valence-electron chi connectivity index (χ1n) is 8.68. The number of nitrogens with zero attached hydrogens (tertiary/aromatic N) is 2. The van der Waals surface area contributed by atoms with Crippen LogP contribution < -0.4 is 10.9 Å². The van der Waals surface area contributed by atoms with E-state index < -0.39 is 0 Å². The maximum Gasteiger partial charge on any atom is 0.262 e. The minimum absolute atomic E-state index is 0.0400. The Kier molecular flexibility index (Phi) is 7.37. The molecule has 3 aromatic rings. The highest BCUT2D eigenvalue weighted by Gasteiger charge is 2.12. The molecule has 27 heavy (non-hydrogen) atoms. The van der Waals surface area contributed by atoms with Crippen LogP contribution in [0.1, 0.15) is 11.8 Å². The first-order valence-corrected chi connectivity index (χ1v) is 11.7. The predicted octanol–water partition coefficient (Wildman–Crippen LogP) is 3.62. The molecule has 0 saturated heterocycles. The van der Waals surface area contributed by atoms with E-state index in [1.54, 1.807) is 22.0 Å². The van der Waals surface area contributed by atoms with Crippen LogP contribution >= 0.6 is 34.9 Å². The van der Waals surface area contributed by atoms with Crippen molar-refractivity contribution in [3.63, 3.8) is 0 Å². The minimum Gasteiger partial charge on any atom is -0.355 e. The van der Waals surface area contributed by atoms with E-state index in [1.165, 1.54) is 16.6 Å². The van der Waals surface area contributed by atoms with E-state index in [0.717, 1.165) is 11.5 Å². The van der Waals surface area contributed by atoms with Crippen molar-refractivity contribution in [1.82, 2.24) is 14.9 Å². The number of thiophene rings is 1. The zero-order valence-electron chi connectivity index (χ0n) is 15.0. The van der Waals surface area contributed by atoms with Gasteiger partial charge in [0.15, 0.2) is 5.16 Å². The first kappa shape index (κ1) is 20.0. The summed E-state index contributed by atoms with van der Waals surface area (Å²) in [4.78, 5) is 30.6. The third-order valence-electron chi connectivity index (χ3n) is 3.87. The van der Waals surface area contributed by atoms with Crippen molar-refractivity contribution in [3.05, 3.63) is 57.0 Å². The molecule has 1 aromatic carbocycles. The largest absolute Gasteiger partial charge is 0.355 e. The van der Waals surface area contributed by atoms with Gasteiger partial charge in [-0.3, -0.25) is 14.2 Å². The van der Waals surface area contributed by atoms with E-state index in [4.69, 9.17) is 0 Å². The lowest BCUT2D eigenvalue weighted by Crippen LogP contribution is -2.28. The highest BCUT2D eigenvalue weighted by atomic mass is 32.2. The summed E-state index contributed by atoms with van der Waals surface area (Å²) >= 11 is 4.87. The molecule has 142 valence electrons. The summed E-state index contributed by atoms with van der Waals surface area (Å²) in [6.07, 6.45) is 0. The van der Waals surface area contributed by atoms with Crippen LogP contribution in [0.25, 0.3) is 10.9 Å². The SMILES string of the molecule is CCn1c(SCC(=O)NCCSCc2cccs2)nc2ccccc2c1=O. The van der Waals surface area contributed by atoms with Gasteiger partial charge >= 0.3 is 0 Å². The standard InChI is InChI=1S/C19H21N3O2S3/c1-2-22-18(24)15-7-3-4-8-16(15)21-19(22)27-13-17(23)20-9-11-25-12-14-6-5-10-26-14/h3-8,10H,2,9,11-13H2,1H3,(H,20,23). The van der Waals surface area contributed by atoms with Gasteiger partial charge in [0.2, 0.25) is 5.91 Å². The zero-order valence-corrected chi connectivity index (χ0v) is 17.5. The van der Waals surface area contributed by atoms with E-state index in [2.05, 4.69) is 27.8 Å². The molecule has 5 nitrogen and oxygen atoms in total. The summed E-state index contributed by atoms with van der Waals surface area (Å²) in [7, 11) is 0. The molecule has 8 heteroatoms. The molecule has 1 N–H and O–H groups in total. The summed E-state index contributed by atoms with van der Waals surface area (Å²) in [6, 6.07) is 11.5. The number of carbonyl (C=O) groups excluding carboxylic acids is 1. The molecule has 0 fully saturated rings. The molecule has 0 atom stereocenters. The van der Waals surface area contributed by atoms with Crippen LogP contribution in [0.15, 0.2) is 51.7 Å². The second kappa shape index (κ2) is 9.96. The van der Waals surface area contributed by atoms with Gasteiger partial charge in [-0.15, -0.1) is 11.3 Å². The van der Waals surface area contributed by atoms with Crippen LogP contribution in [0.4, 0.5) is 0 Å². The van der Waals surface area contributed by atoms with Crippen molar-refractivity contribution in [2.45, 2.75) is 24.4 Å². The molecule has 0 unspecified atom stereocenters. The summed E-state index contributed by atoms with van der Waals surface area (Å²) < 4.78 is 1.62. The van der Waals surface area contributed by atoms with Crippen LogP contribution in [0, 0.1) is 0 Å². The van der Waals surface area contributed by atoms with Gasteiger partial charge in [-0.25, -0.2) is 4.98 Å². The topological polar surface area (TPSA) is 64.0 Å². The van der Waals surface area contributed by atoms with Crippen LogP contribution in [0.5, 0.6) is 0 Å². The molecule has 0 aliphatic heterocycles. The van der Waals surface area contributed by atoms with E-state index in [0.29, 0.717) is 29.1 Å². The maximum atomic E-state index is 12.6. The van der Waals surface area contributed by atoms with E-state index in [-0.39, 0.29) is 17.2 Å². The number of aromatic nitrogens is 2. The number of thioether (sulfide) groups is 2. The molecule has 0 aliphatic rings. The monoisotopic (exact) mass is 419 g/mol. The zero-order chi connectivity index (χ0) is 19.1. The fourth-order valence-electron chi connectivity index (χ4n) is 2.55. The van der Waals surface area contributed by atoms with Crippen LogP contribution in [-0.2, 0) is 17.1 Å². The average molecular weight is 420 g/mol. The molecular weight excluding hydrogens is 398 g/mol. The van der Waals surface area contributed by atoms with Gasteiger partial charge in [0.1, 0.15) is 0 Å². The maximum absolute atomic E-state index is 12.6. The van der Waals surface area contributed by atoms with Gasteiger partial charge in [-0.05, 0) is 30.5 Å². The van der Waals surface area contributed by atoms with E-state index in [9.17, 15) is 9.59 Å². The molecule has 3 rings (SSSR count). The Labute approximate surface area is 170 Å². The second-order valence-corrected chi connectivity index (χ2v) is 8.81. The van der Waals surface area contributed by atoms with Crippen molar-refractivity contribution in [3.8, 4) is 0 Å². The third kappa shape index (κ3) is 5.37. The molecule has 1 amide bonds. The van der Waals surface area contributed by atoms with Crippen molar-refractivity contribution in [1.29, 1.82) is 0 Å². The Morgan fingerprint density at radius 3 is 2.89 bits per heavy atom. The quantitative estimate of drug-likeness (QED) is 0.326. The highest BCUT2D eigenvalue weighted by molar-refractivity contribution is 7.99. The Hall–Kier alpha value is -1.77. The number of hydrogen-bond donors (Lipinski definition) is 1. The minimum atomic E-state index is -0.0593. The average Bonchev–Trinajstić information content (AvgIpc) is 3.20. The summed E-state index contributed by atoms with van der Waals surface area (Å²) in [5.74, 6) is 2.07. The summed E-state index contributed by atoms with van der Waals surface area (Å²) in [5.41, 5.74) is 0.607. The van der Waals surface area contributed by atoms with Gasteiger partial charge in [-0.1, -0.05) is 30.0 Å². The molecule has 2 aromatic heterocycles. The van der Waals surface area contributed by atoms with Gasteiger partial charge in [-0.2, -0.15) is 11.8 Å².